The largest absolute Gasteiger partial charge is 0.465 e. The summed E-state index contributed by atoms with van der Waals surface area (Å²) in [4.78, 5) is 40.8. The van der Waals surface area contributed by atoms with Crippen LogP contribution in [0.1, 0.15) is 58.5 Å². The summed E-state index contributed by atoms with van der Waals surface area (Å²) < 4.78 is 50.7. The summed E-state index contributed by atoms with van der Waals surface area (Å²) in [6, 6.07) is 3.35. The average molecular weight is 486 g/mol. The number of nitrogens with zero attached hydrogens (tertiary/aromatic N) is 1. The van der Waals surface area contributed by atoms with Gasteiger partial charge >= 0.3 is 11.9 Å². The van der Waals surface area contributed by atoms with Crippen LogP contribution in [-0.2, 0) is 36.7 Å². The number of amides is 1. The molecule has 35 heavy (non-hydrogen) atoms. The zero-order valence-electron chi connectivity index (χ0n) is 25.7. The van der Waals surface area contributed by atoms with Crippen molar-refractivity contribution in [3.8, 4) is 0 Å². The van der Waals surface area contributed by atoms with Gasteiger partial charge in [0.1, 0.15) is 18.2 Å². The standard InChI is InChI=1S/C28H36N2O5/c1-5-34-27(33)23(17-15-20-11-7-6-8-12-20)29-22-18-16-21-13-9-10-14-24(21)30(26(22)32)19-25(31)35-28(2,3)4/h6-14,22-23,29H,5,15-19H2,1-4H3/t22-,23-/m1/s1/i6D,7D,8D,11D,12D. The molecule has 2 atom stereocenters. The van der Waals surface area contributed by atoms with Crippen molar-refractivity contribution in [2.45, 2.75) is 71.1 Å². The SMILES string of the molecule is [2H]c1c([2H])c([2H])c(CC[C@@H](N[C@@H]2CCc3ccccc3N(CC(=O)OC(C)(C)C)C2=O)C(=O)OCC)c([2H])c1[2H]. The lowest BCUT2D eigenvalue weighted by atomic mass is 10.0. The summed E-state index contributed by atoms with van der Waals surface area (Å²) in [5.41, 5.74) is 0.805. The van der Waals surface area contributed by atoms with Gasteiger partial charge in [-0.15, -0.1) is 0 Å². The average Bonchev–Trinajstić information content (AvgIpc) is 3.01. The highest BCUT2D eigenvalue weighted by molar-refractivity contribution is 6.02. The van der Waals surface area contributed by atoms with Crippen LogP contribution >= 0.6 is 0 Å². The third-order valence-corrected chi connectivity index (χ3v) is 5.46. The minimum atomic E-state index is -1.00. The Morgan fingerprint density at radius 1 is 1.20 bits per heavy atom. The Balaban J connectivity index is 1.88. The molecule has 0 radical (unpaired) electrons. The van der Waals surface area contributed by atoms with E-state index in [-0.39, 0.29) is 43.6 Å². The van der Waals surface area contributed by atoms with Gasteiger partial charge in [0.05, 0.1) is 19.5 Å². The lowest BCUT2D eigenvalue weighted by Crippen LogP contribution is -2.53. The quantitative estimate of drug-likeness (QED) is 0.544. The highest BCUT2D eigenvalue weighted by Crippen LogP contribution is 2.27. The molecule has 0 saturated carbocycles. The number of anilines is 1. The van der Waals surface area contributed by atoms with Crippen LogP contribution in [0, 0.1) is 0 Å². The van der Waals surface area contributed by atoms with E-state index in [2.05, 4.69) is 5.32 Å². The van der Waals surface area contributed by atoms with Crippen LogP contribution < -0.4 is 10.2 Å². The molecule has 188 valence electrons. The molecule has 1 amide bonds. The third kappa shape index (κ3) is 7.65. The number of aryl methyl sites for hydroxylation is 1. The van der Waals surface area contributed by atoms with Crippen LogP contribution in [0.5, 0.6) is 0 Å². The van der Waals surface area contributed by atoms with Gasteiger partial charge in [-0.2, -0.15) is 0 Å². The number of hydrogen-bond donors (Lipinski definition) is 1. The summed E-state index contributed by atoms with van der Waals surface area (Å²) >= 11 is 0. The first-order valence-electron chi connectivity index (χ1n) is 14.3. The van der Waals surface area contributed by atoms with Crippen LogP contribution in [0.2, 0.25) is 0 Å². The van der Waals surface area contributed by atoms with E-state index in [1.165, 1.54) is 4.90 Å². The predicted molar refractivity (Wildman–Crippen MR) is 135 cm³/mol. The molecule has 7 heteroatoms. The number of carbonyl (C=O) groups excluding carboxylic acids is 3. The predicted octanol–water partition coefficient (Wildman–Crippen LogP) is 3.83. The van der Waals surface area contributed by atoms with Gasteiger partial charge < -0.3 is 9.47 Å². The van der Waals surface area contributed by atoms with Gasteiger partial charge in [0.25, 0.3) is 0 Å². The lowest BCUT2D eigenvalue weighted by molar-refractivity contribution is -0.154. The number of fused-ring (bicyclic) bond motifs is 1. The Kier molecular flexibility index (Phi) is 6.86. The minimum Gasteiger partial charge on any atom is -0.465 e. The first-order chi connectivity index (χ1) is 18.7. The molecule has 0 bridgehead atoms. The molecule has 0 fully saturated rings. The normalized spacial score (nSPS) is 18.7. The van der Waals surface area contributed by atoms with E-state index in [9.17, 15) is 14.4 Å². The molecule has 0 aromatic heterocycles. The van der Waals surface area contributed by atoms with Crippen molar-refractivity contribution in [2.75, 3.05) is 18.1 Å². The zero-order chi connectivity index (χ0) is 29.8. The van der Waals surface area contributed by atoms with E-state index < -0.39 is 53.7 Å². The smallest absolute Gasteiger partial charge is 0.326 e. The Hall–Kier alpha value is -3.19. The van der Waals surface area contributed by atoms with E-state index >= 15 is 0 Å². The van der Waals surface area contributed by atoms with Gasteiger partial charge in [0, 0.05) is 5.69 Å². The Bertz CT molecular complexity index is 1250. The topological polar surface area (TPSA) is 84.9 Å². The highest BCUT2D eigenvalue weighted by Gasteiger charge is 2.35. The molecule has 1 aliphatic rings. The molecule has 1 heterocycles. The molecule has 2 aromatic carbocycles. The zero-order valence-corrected chi connectivity index (χ0v) is 20.7. The number of ether oxygens (including phenoxy) is 2. The number of hydrogen-bond acceptors (Lipinski definition) is 6. The molecular weight excluding hydrogens is 444 g/mol. The molecule has 1 N–H and O–H groups in total. The van der Waals surface area contributed by atoms with Crippen LogP contribution in [0.4, 0.5) is 5.69 Å². The fourth-order valence-electron chi connectivity index (χ4n) is 3.98. The van der Waals surface area contributed by atoms with E-state index in [4.69, 9.17) is 16.3 Å². The van der Waals surface area contributed by atoms with Gasteiger partial charge in [0.15, 0.2) is 0 Å². The second-order valence-corrected chi connectivity index (χ2v) is 9.34. The van der Waals surface area contributed by atoms with Crippen LogP contribution in [0.25, 0.3) is 0 Å². The van der Waals surface area contributed by atoms with Crippen molar-refractivity contribution in [1.82, 2.24) is 5.32 Å². The Morgan fingerprint density at radius 3 is 2.60 bits per heavy atom. The number of para-hydroxylation sites is 1. The molecule has 0 unspecified atom stereocenters. The lowest BCUT2D eigenvalue weighted by Gasteiger charge is -2.29. The van der Waals surface area contributed by atoms with E-state index in [0.29, 0.717) is 18.5 Å². The van der Waals surface area contributed by atoms with Gasteiger partial charge in [-0.1, -0.05) is 48.4 Å². The Labute approximate surface area is 214 Å². The Morgan fingerprint density at radius 2 is 1.91 bits per heavy atom. The van der Waals surface area contributed by atoms with Crippen LogP contribution in [-0.4, -0.2) is 48.7 Å². The summed E-state index contributed by atoms with van der Waals surface area (Å²) in [6.07, 6.45) is 0.846. The number of rotatable bonds is 9. The molecule has 7 nitrogen and oxygen atoms in total. The summed E-state index contributed by atoms with van der Waals surface area (Å²) in [5, 5.41) is 3.10. The molecule has 0 saturated heterocycles. The van der Waals surface area contributed by atoms with Gasteiger partial charge in [-0.05, 0) is 70.6 Å². The third-order valence-electron chi connectivity index (χ3n) is 5.46. The first-order valence-corrected chi connectivity index (χ1v) is 11.8. The van der Waals surface area contributed by atoms with E-state index in [0.717, 1.165) is 5.56 Å². The number of benzene rings is 2. The fraction of sp³-hybridized carbons (Fsp3) is 0.464. The van der Waals surface area contributed by atoms with Crippen LogP contribution in [0.3, 0.4) is 0 Å². The second kappa shape index (κ2) is 12.0. The minimum absolute atomic E-state index is 0.0189. The number of nitrogens with one attached hydrogen (secondary N) is 1. The van der Waals surface area contributed by atoms with E-state index in [1.54, 1.807) is 39.8 Å². The number of carbonyl (C=O) groups is 3. The molecule has 1 aliphatic heterocycles. The van der Waals surface area contributed by atoms with Crippen molar-refractivity contribution in [3.63, 3.8) is 0 Å². The summed E-state index contributed by atoms with van der Waals surface area (Å²) in [5.74, 6) is -1.60. The maximum absolute atomic E-state index is 13.8. The molecular formula is C28H36N2O5. The van der Waals surface area contributed by atoms with Gasteiger partial charge in [-0.3, -0.25) is 24.6 Å². The molecule has 0 aliphatic carbocycles. The monoisotopic (exact) mass is 485 g/mol. The second-order valence-electron chi connectivity index (χ2n) is 9.34. The summed E-state index contributed by atoms with van der Waals surface area (Å²) in [6.45, 7) is 6.67. The van der Waals surface area contributed by atoms with Gasteiger partial charge in [-0.25, -0.2) is 0 Å². The fourth-order valence-corrected chi connectivity index (χ4v) is 3.98. The number of esters is 2. The van der Waals surface area contributed by atoms with Crippen molar-refractivity contribution in [2.24, 2.45) is 0 Å². The van der Waals surface area contributed by atoms with Gasteiger partial charge in [0.2, 0.25) is 5.91 Å². The molecule has 3 rings (SSSR count). The first kappa shape index (κ1) is 20.0. The van der Waals surface area contributed by atoms with Crippen molar-refractivity contribution in [1.29, 1.82) is 0 Å². The van der Waals surface area contributed by atoms with Crippen molar-refractivity contribution in [3.05, 3.63) is 65.6 Å². The van der Waals surface area contributed by atoms with E-state index in [1.807, 2.05) is 12.1 Å². The maximum atomic E-state index is 13.8. The highest BCUT2D eigenvalue weighted by atomic mass is 16.6. The summed E-state index contributed by atoms with van der Waals surface area (Å²) in [7, 11) is 0. The molecule has 2 aromatic rings. The van der Waals surface area contributed by atoms with Crippen LogP contribution in [0.15, 0.2) is 54.5 Å². The maximum Gasteiger partial charge on any atom is 0.326 e. The van der Waals surface area contributed by atoms with Crippen molar-refractivity contribution >= 4 is 23.5 Å². The molecule has 0 spiro atoms. The van der Waals surface area contributed by atoms with Crippen molar-refractivity contribution < 1.29 is 30.7 Å².